The van der Waals surface area contributed by atoms with Crippen LogP contribution < -0.4 is 5.73 Å². The number of nitrogens with zero attached hydrogens (tertiary/aromatic N) is 1. The first-order valence-electron chi connectivity index (χ1n) is 8.56. The number of hydrogen-bond donors (Lipinski definition) is 1. The minimum Gasteiger partial charge on any atom is -0.366 e. The molecular weight excluding hydrogens is 320 g/mol. The molecule has 3 nitrogen and oxygen atoms in total. The van der Waals surface area contributed by atoms with Crippen molar-refractivity contribution in [2.24, 2.45) is 5.73 Å². The molecule has 2 N–H and O–H groups in total. The summed E-state index contributed by atoms with van der Waals surface area (Å²) >= 11 is 0. The SMILES string of the molecule is NC(=O)c1cc2c3ccccc3c3ccccc3n2c1-c1ccccc1. The van der Waals surface area contributed by atoms with Gasteiger partial charge in [-0.1, -0.05) is 72.8 Å². The van der Waals surface area contributed by atoms with Crippen molar-refractivity contribution in [1.29, 1.82) is 0 Å². The Labute approximate surface area is 150 Å². The lowest BCUT2D eigenvalue weighted by atomic mass is 10.0. The molecule has 5 rings (SSSR count). The maximum absolute atomic E-state index is 12.2. The van der Waals surface area contributed by atoms with Crippen molar-refractivity contribution in [2.75, 3.05) is 0 Å². The molecular formula is C23H16N2O. The van der Waals surface area contributed by atoms with E-state index in [0.29, 0.717) is 5.56 Å². The van der Waals surface area contributed by atoms with Gasteiger partial charge in [0.1, 0.15) is 0 Å². The van der Waals surface area contributed by atoms with Crippen LogP contribution in [0.1, 0.15) is 10.4 Å². The molecule has 0 aliphatic carbocycles. The van der Waals surface area contributed by atoms with Crippen LogP contribution in [0.2, 0.25) is 0 Å². The summed E-state index contributed by atoms with van der Waals surface area (Å²) in [7, 11) is 0. The minimum absolute atomic E-state index is 0.416. The van der Waals surface area contributed by atoms with Crippen molar-refractivity contribution < 1.29 is 4.79 Å². The molecule has 0 aliphatic rings. The number of carbonyl (C=O) groups excluding carboxylic acids is 1. The summed E-state index contributed by atoms with van der Waals surface area (Å²) < 4.78 is 2.16. The average molecular weight is 336 g/mol. The van der Waals surface area contributed by atoms with Crippen LogP contribution in [-0.4, -0.2) is 10.3 Å². The number of amides is 1. The fraction of sp³-hybridized carbons (Fsp3) is 0. The molecule has 2 aromatic heterocycles. The van der Waals surface area contributed by atoms with E-state index in [9.17, 15) is 4.79 Å². The molecule has 124 valence electrons. The van der Waals surface area contributed by atoms with E-state index in [1.54, 1.807) is 0 Å². The number of aromatic nitrogens is 1. The first-order valence-corrected chi connectivity index (χ1v) is 8.56. The summed E-state index contributed by atoms with van der Waals surface area (Å²) in [5, 5.41) is 3.43. The fourth-order valence-electron chi connectivity index (χ4n) is 3.87. The molecule has 3 aromatic carbocycles. The highest BCUT2D eigenvalue weighted by Gasteiger charge is 2.20. The third-order valence-corrected chi connectivity index (χ3v) is 4.95. The van der Waals surface area contributed by atoms with Gasteiger partial charge < -0.3 is 10.1 Å². The lowest BCUT2D eigenvalue weighted by Gasteiger charge is -2.12. The molecule has 0 spiro atoms. The minimum atomic E-state index is -0.416. The molecule has 26 heavy (non-hydrogen) atoms. The van der Waals surface area contributed by atoms with Gasteiger partial charge in [-0.3, -0.25) is 4.79 Å². The molecule has 0 saturated heterocycles. The number of para-hydroxylation sites is 1. The second-order valence-electron chi connectivity index (χ2n) is 6.42. The van der Waals surface area contributed by atoms with Crippen molar-refractivity contribution in [1.82, 2.24) is 4.40 Å². The molecule has 0 fully saturated rings. The Morgan fingerprint density at radius 3 is 1.96 bits per heavy atom. The molecule has 0 unspecified atom stereocenters. The Kier molecular flexibility index (Phi) is 3.09. The van der Waals surface area contributed by atoms with Gasteiger partial charge in [-0.2, -0.15) is 0 Å². The van der Waals surface area contributed by atoms with Crippen molar-refractivity contribution >= 4 is 33.1 Å². The molecule has 3 heteroatoms. The van der Waals surface area contributed by atoms with Gasteiger partial charge in [0.25, 0.3) is 5.91 Å². The molecule has 0 saturated carbocycles. The lowest BCUT2D eigenvalue weighted by molar-refractivity contribution is 0.100. The number of rotatable bonds is 2. The predicted octanol–water partition coefficient (Wildman–Crippen LogP) is 5.01. The maximum Gasteiger partial charge on any atom is 0.250 e. The summed E-state index contributed by atoms with van der Waals surface area (Å²) in [6.45, 7) is 0. The Balaban J connectivity index is 2.11. The van der Waals surface area contributed by atoms with E-state index in [4.69, 9.17) is 5.73 Å². The first-order chi connectivity index (χ1) is 12.8. The summed E-state index contributed by atoms with van der Waals surface area (Å²) in [5.41, 5.74) is 10.2. The lowest BCUT2D eigenvalue weighted by Crippen LogP contribution is -2.11. The van der Waals surface area contributed by atoms with Crippen molar-refractivity contribution in [2.45, 2.75) is 0 Å². The van der Waals surface area contributed by atoms with E-state index >= 15 is 0 Å². The van der Waals surface area contributed by atoms with Crippen molar-refractivity contribution in [3.05, 3.63) is 90.5 Å². The van der Waals surface area contributed by atoms with Crippen LogP contribution in [0.4, 0.5) is 0 Å². The highest BCUT2D eigenvalue weighted by Crippen LogP contribution is 2.36. The normalized spacial score (nSPS) is 11.4. The van der Waals surface area contributed by atoms with E-state index in [1.807, 2.05) is 60.7 Å². The monoisotopic (exact) mass is 336 g/mol. The molecule has 0 bridgehead atoms. The number of hydrogen-bond acceptors (Lipinski definition) is 1. The standard InChI is InChI=1S/C23H16N2O/c24-23(26)19-14-21-18-12-5-4-10-16(18)17-11-6-7-13-20(17)25(21)22(19)15-8-2-1-3-9-15/h1-14H,(H2,24,26). The number of pyridine rings is 1. The Hall–Kier alpha value is -3.59. The van der Waals surface area contributed by atoms with Crippen molar-refractivity contribution in [3.8, 4) is 11.3 Å². The van der Waals surface area contributed by atoms with Crippen LogP contribution in [0, 0.1) is 0 Å². The predicted molar refractivity (Wildman–Crippen MR) is 106 cm³/mol. The van der Waals surface area contributed by atoms with Crippen LogP contribution in [0.15, 0.2) is 84.9 Å². The second kappa shape index (κ2) is 5.46. The number of fused-ring (bicyclic) bond motifs is 6. The Morgan fingerprint density at radius 2 is 1.27 bits per heavy atom. The van der Waals surface area contributed by atoms with Gasteiger partial charge in [0.15, 0.2) is 0 Å². The highest BCUT2D eigenvalue weighted by atomic mass is 16.1. The van der Waals surface area contributed by atoms with Gasteiger partial charge >= 0.3 is 0 Å². The largest absolute Gasteiger partial charge is 0.366 e. The average Bonchev–Trinajstić information content (AvgIpc) is 3.10. The smallest absolute Gasteiger partial charge is 0.250 e. The maximum atomic E-state index is 12.2. The van der Waals surface area contributed by atoms with Gasteiger partial charge in [-0.15, -0.1) is 0 Å². The zero-order valence-electron chi connectivity index (χ0n) is 14.0. The van der Waals surface area contributed by atoms with Crippen molar-refractivity contribution in [3.63, 3.8) is 0 Å². The first kappa shape index (κ1) is 14.7. The van der Waals surface area contributed by atoms with Gasteiger partial charge in [-0.25, -0.2) is 0 Å². The Morgan fingerprint density at radius 1 is 0.692 bits per heavy atom. The molecule has 0 atom stereocenters. The van der Waals surface area contributed by atoms with Crippen LogP contribution >= 0.6 is 0 Å². The fourth-order valence-corrected chi connectivity index (χ4v) is 3.87. The third-order valence-electron chi connectivity index (χ3n) is 4.95. The summed E-state index contributed by atoms with van der Waals surface area (Å²) in [4.78, 5) is 12.2. The van der Waals surface area contributed by atoms with E-state index in [0.717, 1.165) is 33.1 Å². The number of nitrogens with two attached hydrogens (primary N) is 1. The molecule has 0 aliphatic heterocycles. The summed E-state index contributed by atoms with van der Waals surface area (Å²) in [6, 6.07) is 28.4. The van der Waals surface area contributed by atoms with E-state index < -0.39 is 5.91 Å². The van der Waals surface area contributed by atoms with Gasteiger partial charge in [0, 0.05) is 10.8 Å². The summed E-state index contributed by atoms with van der Waals surface area (Å²) in [5.74, 6) is -0.416. The topological polar surface area (TPSA) is 47.5 Å². The van der Waals surface area contributed by atoms with Crippen LogP contribution in [0.3, 0.4) is 0 Å². The number of benzene rings is 3. The molecule has 0 radical (unpaired) electrons. The van der Waals surface area contributed by atoms with Gasteiger partial charge in [0.2, 0.25) is 0 Å². The zero-order chi connectivity index (χ0) is 17.7. The molecule has 5 aromatic rings. The van der Waals surface area contributed by atoms with Crippen LogP contribution in [-0.2, 0) is 0 Å². The van der Waals surface area contributed by atoms with Gasteiger partial charge in [0.05, 0.1) is 22.3 Å². The zero-order valence-corrected chi connectivity index (χ0v) is 14.0. The highest BCUT2D eigenvalue weighted by molar-refractivity contribution is 6.15. The quantitative estimate of drug-likeness (QED) is 0.453. The number of primary amides is 1. The van der Waals surface area contributed by atoms with Crippen LogP contribution in [0.25, 0.3) is 38.4 Å². The summed E-state index contributed by atoms with van der Waals surface area (Å²) in [6.07, 6.45) is 0. The van der Waals surface area contributed by atoms with E-state index in [1.165, 1.54) is 5.39 Å². The molecule has 1 amide bonds. The third kappa shape index (κ3) is 1.97. The van der Waals surface area contributed by atoms with Crippen LogP contribution in [0.5, 0.6) is 0 Å². The van der Waals surface area contributed by atoms with Gasteiger partial charge in [-0.05, 0) is 23.1 Å². The Bertz CT molecular complexity index is 1300. The number of carbonyl (C=O) groups is 1. The second-order valence-corrected chi connectivity index (χ2v) is 6.42. The van der Waals surface area contributed by atoms with E-state index in [-0.39, 0.29) is 0 Å². The molecule has 2 heterocycles. The van der Waals surface area contributed by atoms with E-state index in [2.05, 4.69) is 28.7 Å².